The molecule has 0 saturated heterocycles. The van der Waals surface area contributed by atoms with Crippen LogP contribution >= 0.6 is 0 Å². The third kappa shape index (κ3) is 3.85. The summed E-state index contributed by atoms with van der Waals surface area (Å²) >= 11 is 0. The van der Waals surface area contributed by atoms with Gasteiger partial charge in [0, 0.05) is 17.2 Å². The Morgan fingerprint density at radius 1 is 1.22 bits per heavy atom. The molecule has 0 bridgehead atoms. The Hall–Kier alpha value is -2.44. The molecule has 0 atom stereocenters. The standard InChI is InChI=1S/C16H14F3N3O/c17-16(18,19)12-3-1-2-11(6-12)15(23)20-8-13-7-14(10-4-5-10)22-9-21-13/h1-3,6-7,9-10H,4-5,8H2,(H,20,23). The van der Waals surface area contributed by atoms with Crippen molar-refractivity contribution in [2.45, 2.75) is 31.5 Å². The molecule has 0 radical (unpaired) electrons. The molecule has 0 spiro atoms. The maximum atomic E-state index is 12.7. The van der Waals surface area contributed by atoms with Gasteiger partial charge in [-0.05, 0) is 37.1 Å². The largest absolute Gasteiger partial charge is 0.416 e. The molecule has 1 heterocycles. The van der Waals surface area contributed by atoms with Crippen LogP contribution in [0.4, 0.5) is 13.2 Å². The summed E-state index contributed by atoms with van der Waals surface area (Å²) in [4.78, 5) is 20.2. The van der Waals surface area contributed by atoms with E-state index in [0.29, 0.717) is 11.6 Å². The fourth-order valence-electron chi connectivity index (χ4n) is 2.22. The molecule has 1 N–H and O–H groups in total. The van der Waals surface area contributed by atoms with Crippen LogP contribution in [-0.4, -0.2) is 15.9 Å². The molecule has 7 heteroatoms. The number of rotatable bonds is 4. The van der Waals surface area contributed by atoms with Crippen LogP contribution < -0.4 is 5.32 Å². The number of halogens is 3. The number of aromatic nitrogens is 2. The zero-order chi connectivity index (χ0) is 16.4. The van der Waals surface area contributed by atoms with Crippen molar-refractivity contribution in [2.75, 3.05) is 0 Å². The molecule has 1 amide bonds. The van der Waals surface area contributed by atoms with Gasteiger partial charge >= 0.3 is 6.18 Å². The van der Waals surface area contributed by atoms with E-state index in [2.05, 4.69) is 15.3 Å². The van der Waals surface area contributed by atoms with Gasteiger partial charge in [-0.15, -0.1) is 0 Å². The van der Waals surface area contributed by atoms with E-state index < -0.39 is 17.6 Å². The normalized spacial score (nSPS) is 14.6. The van der Waals surface area contributed by atoms with E-state index in [1.165, 1.54) is 18.5 Å². The van der Waals surface area contributed by atoms with Gasteiger partial charge in [-0.25, -0.2) is 9.97 Å². The summed E-state index contributed by atoms with van der Waals surface area (Å²) in [6.07, 6.45) is -0.818. The molecular weight excluding hydrogens is 307 g/mol. The molecule has 4 nitrogen and oxygen atoms in total. The molecule has 1 aliphatic carbocycles. The van der Waals surface area contributed by atoms with Gasteiger partial charge in [0.1, 0.15) is 6.33 Å². The highest BCUT2D eigenvalue weighted by molar-refractivity contribution is 5.94. The summed E-state index contributed by atoms with van der Waals surface area (Å²) in [6, 6.07) is 6.16. The van der Waals surface area contributed by atoms with E-state index in [-0.39, 0.29) is 12.1 Å². The van der Waals surface area contributed by atoms with Crippen LogP contribution in [0.25, 0.3) is 0 Å². The fourth-order valence-corrected chi connectivity index (χ4v) is 2.22. The van der Waals surface area contributed by atoms with E-state index in [4.69, 9.17) is 0 Å². The Kier molecular flexibility index (Phi) is 4.02. The van der Waals surface area contributed by atoms with Crippen LogP contribution in [0.5, 0.6) is 0 Å². The number of alkyl halides is 3. The number of carbonyl (C=O) groups is 1. The molecule has 0 unspecified atom stereocenters. The molecule has 1 aromatic carbocycles. The third-order valence-corrected chi connectivity index (χ3v) is 3.62. The van der Waals surface area contributed by atoms with Gasteiger partial charge in [-0.2, -0.15) is 13.2 Å². The summed E-state index contributed by atoms with van der Waals surface area (Å²) in [5.74, 6) is -0.0985. The molecule has 1 aliphatic rings. The monoisotopic (exact) mass is 321 g/mol. The fraction of sp³-hybridized carbons (Fsp3) is 0.312. The van der Waals surface area contributed by atoms with E-state index >= 15 is 0 Å². The lowest BCUT2D eigenvalue weighted by Gasteiger charge is -2.09. The molecule has 1 saturated carbocycles. The van der Waals surface area contributed by atoms with Crippen molar-refractivity contribution in [3.05, 3.63) is 59.2 Å². The summed E-state index contributed by atoms with van der Waals surface area (Å²) < 4.78 is 38.0. The summed E-state index contributed by atoms with van der Waals surface area (Å²) in [7, 11) is 0. The number of nitrogens with zero attached hydrogens (tertiary/aromatic N) is 2. The second kappa shape index (κ2) is 5.98. The van der Waals surface area contributed by atoms with Crippen molar-refractivity contribution in [1.29, 1.82) is 0 Å². The minimum Gasteiger partial charge on any atom is -0.346 e. The van der Waals surface area contributed by atoms with E-state index in [9.17, 15) is 18.0 Å². The molecular formula is C16H14F3N3O. The van der Waals surface area contributed by atoms with Crippen molar-refractivity contribution in [1.82, 2.24) is 15.3 Å². The van der Waals surface area contributed by atoms with E-state index in [1.54, 1.807) is 0 Å². The molecule has 1 fully saturated rings. The number of carbonyl (C=O) groups excluding carboxylic acids is 1. The first-order chi connectivity index (χ1) is 10.9. The van der Waals surface area contributed by atoms with Crippen LogP contribution in [0, 0.1) is 0 Å². The average molecular weight is 321 g/mol. The second-order valence-electron chi connectivity index (χ2n) is 5.47. The highest BCUT2D eigenvalue weighted by Gasteiger charge is 2.31. The van der Waals surface area contributed by atoms with Gasteiger partial charge in [0.05, 0.1) is 17.8 Å². The van der Waals surface area contributed by atoms with Crippen LogP contribution in [0.15, 0.2) is 36.7 Å². The average Bonchev–Trinajstić information content (AvgIpc) is 3.37. The Labute approximate surface area is 130 Å². The minimum absolute atomic E-state index is 0.0312. The van der Waals surface area contributed by atoms with Crippen molar-refractivity contribution in [3.8, 4) is 0 Å². The first-order valence-electron chi connectivity index (χ1n) is 7.20. The Bertz CT molecular complexity index is 727. The van der Waals surface area contributed by atoms with Crippen molar-refractivity contribution in [3.63, 3.8) is 0 Å². The number of amides is 1. The Morgan fingerprint density at radius 2 is 2.00 bits per heavy atom. The molecule has 3 rings (SSSR count). The number of hydrogen-bond donors (Lipinski definition) is 1. The van der Waals surface area contributed by atoms with Crippen LogP contribution in [-0.2, 0) is 12.7 Å². The smallest absolute Gasteiger partial charge is 0.346 e. The zero-order valence-corrected chi connectivity index (χ0v) is 12.1. The number of nitrogens with one attached hydrogen (secondary N) is 1. The Morgan fingerprint density at radius 3 is 2.70 bits per heavy atom. The van der Waals surface area contributed by atoms with Gasteiger partial charge in [-0.1, -0.05) is 6.07 Å². The van der Waals surface area contributed by atoms with Gasteiger partial charge < -0.3 is 5.32 Å². The molecule has 1 aromatic heterocycles. The predicted octanol–water partition coefficient (Wildman–Crippen LogP) is 3.30. The maximum Gasteiger partial charge on any atom is 0.416 e. The van der Waals surface area contributed by atoms with Crippen LogP contribution in [0.2, 0.25) is 0 Å². The predicted molar refractivity (Wildman–Crippen MR) is 76.6 cm³/mol. The van der Waals surface area contributed by atoms with Crippen molar-refractivity contribution < 1.29 is 18.0 Å². The molecule has 2 aromatic rings. The molecule has 120 valence electrons. The van der Waals surface area contributed by atoms with E-state index in [0.717, 1.165) is 30.7 Å². The SMILES string of the molecule is O=C(NCc1cc(C2CC2)ncn1)c1cccc(C(F)(F)F)c1. The summed E-state index contributed by atoms with van der Waals surface area (Å²) in [5.41, 5.74) is 0.713. The van der Waals surface area contributed by atoms with Crippen LogP contribution in [0.1, 0.15) is 46.1 Å². The number of hydrogen-bond acceptors (Lipinski definition) is 3. The first kappa shape index (κ1) is 15.5. The van der Waals surface area contributed by atoms with Crippen LogP contribution in [0.3, 0.4) is 0 Å². The lowest BCUT2D eigenvalue weighted by Crippen LogP contribution is -2.24. The topological polar surface area (TPSA) is 54.9 Å². The van der Waals surface area contributed by atoms with Crippen molar-refractivity contribution in [2.24, 2.45) is 0 Å². The highest BCUT2D eigenvalue weighted by Crippen LogP contribution is 2.38. The Balaban J connectivity index is 1.66. The summed E-state index contributed by atoms with van der Waals surface area (Å²) in [6.45, 7) is 0.150. The summed E-state index contributed by atoms with van der Waals surface area (Å²) in [5, 5.41) is 2.58. The lowest BCUT2D eigenvalue weighted by atomic mass is 10.1. The maximum absolute atomic E-state index is 12.7. The third-order valence-electron chi connectivity index (χ3n) is 3.62. The lowest BCUT2D eigenvalue weighted by molar-refractivity contribution is -0.137. The molecule has 23 heavy (non-hydrogen) atoms. The van der Waals surface area contributed by atoms with Gasteiger partial charge in [0.25, 0.3) is 5.91 Å². The second-order valence-corrected chi connectivity index (χ2v) is 5.47. The van der Waals surface area contributed by atoms with E-state index in [1.807, 2.05) is 6.07 Å². The minimum atomic E-state index is -4.47. The highest BCUT2D eigenvalue weighted by atomic mass is 19.4. The van der Waals surface area contributed by atoms with Gasteiger partial charge in [0.15, 0.2) is 0 Å². The quantitative estimate of drug-likeness (QED) is 0.940. The van der Waals surface area contributed by atoms with Gasteiger partial charge in [-0.3, -0.25) is 4.79 Å². The van der Waals surface area contributed by atoms with Crippen molar-refractivity contribution >= 4 is 5.91 Å². The number of benzene rings is 1. The first-order valence-corrected chi connectivity index (χ1v) is 7.20. The zero-order valence-electron chi connectivity index (χ0n) is 12.1. The molecule has 0 aliphatic heterocycles. The van der Waals surface area contributed by atoms with Gasteiger partial charge in [0.2, 0.25) is 0 Å².